The lowest BCUT2D eigenvalue weighted by Gasteiger charge is -2.24. The molecule has 0 aliphatic rings. The van der Waals surface area contributed by atoms with Crippen molar-refractivity contribution in [3.8, 4) is 23.3 Å². The molecule has 4 rings (SSSR count). The number of hydrogen-bond acceptors (Lipinski definition) is 8. The van der Waals surface area contributed by atoms with Gasteiger partial charge in [0.2, 0.25) is 11.8 Å². The van der Waals surface area contributed by atoms with Gasteiger partial charge in [0, 0.05) is 28.2 Å². The normalized spacial score (nSPS) is 11.2. The van der Waals surface area contributed by atoms with Crippen molar-refractivity contribution in [2.75, 3.05) is 7.11 Å². The van der Waals surface area contributed by atoms with E-state index in [-0.39, 0.29) is 27.3 Å². The largest absolute Gasteiger partial charge is 0.494 e. The highest BCUT2D eigenvalue weighted by Gasteiger charge is 2.33. The van der Waals surface area contributed by atoms with Crippen LogP contribution >= 0.6 is 40.4 Å². The minimum Gasteiger partial charge on any atom is -0.494 e. The third kappa shape index (κ3) is 5.36. The molecule has 0 bridgehead atoms. The van der Waals surface area contributed by atoms with Gasteiger partial charge in [-0.25, -0.2) is 0 Å². The molecule has 2 aromatic heterocycles. The second kappa shape index (κ2) is 11.7. The van der Waals surface area contributed by atoms with Gasteiger partial charge in [-0.3, -0.25) is 27.9 Å². The standard InChI is InChI=1S/C28H29BrN4O6S2/c1-14-7-9-15(10-8-14)13-39-22-17(29)11-16(12-18(22)38-6)19(20-23(34)30(2)27(40)31(3)24(20)35)21-25(36)32(4)28(41)33(5)26(21)37/h7-12,19,34,36H,13H2,1-6H3. The molecule has 2 N–H and O–H groups in total. The van der Waals surface area contributed by atoms with Crippen LogP contribution < -0.4 is 20.6 Å². The van der Waals surface area contributed by atoms with E-state index in [1.807, 2.05) is 31.2 Å². The van der Waals surface area contributed by atoms with Crippen LogP contribution in [0.4, 0.5) is 0 Å². The average molecular weight is 662 g/mol. The fourth-order valence-corrected chi connectivity index (χ4v) is 5.50. The van der Waals surface area contributed by atoms with Crippen LogP contribution in [-0.4, -0.2) is 35.6 Å². The molecule has 0 radical (unpaired) electrons. The van der Waals surface area contributed by atoms with Crippen LogP contribution in [0.2, 0.25) is 0 Å². The molecule has 0 saturated carbocycles. The highest BCUT2D eigenvalue weighted by atomic mass is 79.9. The molecule has 0 fully saturated rings. The molecule has 0 aliphatic carbocycles. The predicted molar refractivity (Wildman–Crippen MR) is 163 cm³/mol. The van der Waals surface area contributed by atoms with Gasteiger partial charge in [0.1, 0.15) is 6.61 Å². The van der Waals surface area contributed by atoms with Gasteiger partial charge in [-0.1, -0.05) is 29.8 Å². The van der Waals surface area contributed by atoms with Gasteiger partial charge in [0.15, 0.2) is 21.0 Å². The molecule has 4 aromatic rings. The maximum absolute atomic E-state index is 13.6. The second-order valence-corrected chi connectivity index (χ2v) is 11.2. The number of methoxy groups -OCH3 is 1. The highest BCUT2D eigenvalue weighted by molar-refractivity contribution is 9.10. The van der Waals surface area contributed by atoms with Gasteiger partial charge in [-0.2, -0.15) is 0 Å². The molecule has 41 heavy (non-hydrogen) atoms. The van der Waals surface area contributed by atoms with Gasteiger partial charge in [-0.15, -0.1) is 0 Å². The Bertz CT molecular complexity index is 1820. The first-order valence-electron chi connectivity index (χ1n) is 12.3. The van der Waals surface area contributed by atoms with Crippen LogP contribution in [0.15, 0.2) is 50.5 Å². The van der Waals surface area contributed by atoms with Crippen molar-refractivity contribution >= 4 is 40.4 Å². The summed E-state index contributed by atoms with van der Waals surface area (Å²) in [6.45, 7) is 2.26. The minimum absolute atomic E-state index is 0.0669. The molecular weight excluding hydrogens is 632 g/mol. The third-order valence-electron chi connectivity index (χ3n) is 7.00. The van der Waals surface area contributed by atoms with Crippen molar-refractivity contribution in [1.29, 1.82) is 0 Å². The number of aromatic hydroxyl groups is 2. The topological polar surface area (TPSA) is 113 Å². The van der Waals surface area contributed by atoms with Gasteiger partial charge >= 0.3 is 0 Å². The average Bonchev–Trinajstić information content (AvgIpc) is 2.96. The summed E-state index contributed by atoms with van der Waals surface area (Å²) in [7, 11) is 7.40. The summed E-state index contributed by atoms with van der Waals surface area (Å²) < 4.78 is 17.2. The Morgan fingerprint density at radius 1 is 0.854 bits per heavy atom. The smallest absolute Gasteiger partial charge is 0.262 e. The van der Waals surface area contributed by atoms with Crippen LogP contribution in [0.5, 0.6) is 23.3 Å². The van der Waals surface area contributed by atoms with E-state index >= 15 is 0 Å². The van der Waals surface area contributed by atoms with Crippen LogP contribution in [0, 0.1) is 16.5 Å². The lowest BCUT2D eigenvalue weighted by Crippen LogP contribution is -2.33. The Kier molecular flexibility index (Phi) is 8.62. The summed E-state index contributed by atoms with van der Waals surface area (Å²) in [5, 5.41) is 22.5. The molecule has 0 aliphatic heterocycles. The summed E-state index contributed by atoms with van der Waals surface area (Å²) in [5.74, 6) is -1.48. The van der Waals surface area contributed by atoms with Crippen LogP contribution in [0.3, 0.4) is 0 Å². The Morgan fingerprint density at radius 2 is 1.34 bits per heavy atom. The third-order valence-corrected chi connectivity index (χ3v) is 8.69. The predicted octanol–water partition coefficient (Wildman–Crippen LogP) is 4.47. The first-order valence-corrected chi connectivity index (χ1v) is 13.9. The Morgan fingerprint density at radius 3 is 1.80 bits per heavy atom. The van der Waals surface area contributed by atoms with Gasteiger partial charge in [0.05, 0.1) is 28.6 Å². The van der Waals surface area contributed by atoms with Gasteiger partial charge < -0.3 is 19.7 Å². The lowest BCUT2D eigenvalue weighted by molar-refractivity contribution is 0.282. The van der Waals surface area contributed by atoms with Crippen molar-refractivity contribution in [2.45, 2.75) is 19.4 Å². The van der Waals surface area contributed by atoms with Gasteiger partial charge in [-0.05, 0) is 70.5 Å². The van der Waals surface area contributed by atoms with E-state index in [9.17, 15) is 19.8 Å². The first kappa shape index (κ1) is 30.3. The van der Waals surface area contributed by atoms with Crippen LogP contribution in [-0.2, 0) is 34.8 Å². The Hall–Kier alpha value is -3.68. The molecule has 0 amide bonds. The Labute approximate surface area is 254 Å². The Balaban J connectivity index is 2.02. The number of hydrogen-bond donors (Lipinski definition) is 2. The molecular formula is C28H29BrN4O6S2. The number of aryl methyl sites for hydroxylation is 1. The van der Waals surface area contributed by atoms with Gasteiger partial charge in [0.25, 0.3) is 11.1 Å². The SMILES string of the molecule is COc1cc(C(c2c(O)n(C)c(=S)n(C)c2=O)c2c(O)n(C)c(=S)n(C)c2=O)cc(Br)c1OCc1ccc(C)cc1. The summed E-state index contributed by atoms with van der Waals surface area (Å²) >= 11 is 14.2. The molecule has 0 saturated heterocycles. The summed E-state index contributed by atoms with van der Waals surface area (Å²) in [5.41, 5.74) is 0.799. The maximum atomic E-state index is 13.6. The number of nitrogens with zero attached hydrogens (tertiary/aromatic N) is 4. The number of aromatic nitrogens is 4. The monoisotopic (exact) mass is 660 g/mol. The molecule has 0 unspecified atom stereocenters. The van der Waals surface area contributed by atoms with E-state index in [4.69, 9.17) is 33.9 Å². The maximum Gasteiger partial charge on any atom is 0.262 e. The lowest BCUT2D eigenvalue weighted by atomic mass is 9.86. The van der Waals surface area contributed by atoms with Crippen molar-refractivity contribution in [3.05, 3.63) is 98.9 Å². The van der Waals surface area contributed by atoms with Crippen molar-refractivity contribution in [3.63, 3.8) is 0 Å². The molecule has 216 valence electrons. The quantitative estimate of drug-likeness (QED) is 0.279. The molecule has 0 spiro atoms. The van der Waals surface area contributed by atoms with Crippen molar-refractivity contribution in [2.24, 2.45) is 28.2 Å². The number of benzene rings is 2. The van der Waals surface area contributed by atoms with E-state index in [1.54, 1.807) is 12.1 Å². The summed E-state index contributed by atoms with van der Waals surface area (Å²) in [6, 6.07) is 11.1. The van der Waals surface area contributed by atoms with E-state index in [2.05, 4.69) is 15.9 Å². The molecule has 0 atom stereocenters. The molecule has 13 heteroatoms. The summed E-state index contributed by atoms with van der Waals surface area (Å²) in [4.78, 5) is 27.3. The van der Waals surface area contributed by atoms with Crippen LogP contribution in [0.25, 0.3) is 0 Å². The van der Waals surface area contributed by atoms with Crippen LogP contribution in [0.1, 0.15) is 33.7 Å². The van der Waals surface area contributed by atoms with E-state index in [0.717, 1.165) is 11.1 Å². The van der Waals surface area contributed by atoms with E-state index in [0.29, 0.717) is 21.5 Å². The number of halogens is 1. The first-order chi connectivity index (χ1) is 19.3. The molecule has 2 aromatic carbocycles. The zero-order valence-electron chi connectivity index (χ0n) is 23.3. The van der Waals surface area contributed by atoms with E-state index < -0.39 is 28.8 Å². The fraction of sp³-hybridized carbons (Fsp3) is 0.286. The fourth-order valence-electron chi connectivity index (χ4n) is 4.59. The van der Waals surface area contributed by atoms with E-state index in [1.165, 1.54) is 53.6 Å². The second-order valence-electron chi connectivity index (χ2n) is 9.63. The zero-order valence-corrected chi connectivity index (χ0v) is 26.5. The highest BCUT2D eigenvalue weighted by Crippen LogP contribution is 2.44. The molecule has 10 nitrogen and oxygen atoms in total. The number of rotatable bonds is 7. The van der Waals surface area contributed by atoms with Crippen molar-refractivity contribution in [1.82, 2.24) is 18.3 Å². The zero-order chi connectivity index (χ0) is 30.3. The summed E-state index contributed by atoms with van der Waals surface area (Å²) in [6.07, 6.45) is 0. The minimum atomic E-state index is -1.26. The molecule has 2 heterocycles. The number of ether oxygens (including phenoxy) is 2. The van der Waals surface area contributed by atoms with Crippen molar-refractivity contribution < 1.29 is 19.7 Å².